The SMILES string of the molecule is CCCCC(C)(CCCC)c1ccc(C(=O)O)cc1.CCCCC(C)(CCCC)c1ccc(C)cc1. The Morgan fingerprint density at radius 1 is 0.611 bits per heavy atom. The van der Waals surface area contributed by atoms with E-state index in [0.717, 1.165) is 0 Å². The third-order valence-corrected chi connectivity index (χ3v) is 7.91. The van der Waals surface area contributed by atoms with Gasteiger partial charge in [-0.1, -0.05) is 135 Å². The first-order valence-corrected chi connectivity index (χ1v) is 14.6. The van der Waals surface area contributed by atoms with Gasteiger partial charge in [0.05, 0.1) is 5.56 Å². The number of hydrogen-bond acceptors (Lipinski definition) is 1. The normalized spacial score (nSPS) is 11.6. The van der Waals surface area contributed by atoms with Gasteiger partial charge in [-0.15, -0.1) is 0 Å². The summed E-state index contributed by atoms with van der Waals surface area (Å²) >= 11 is 0. The molecule has 0 saturated carbocycles. The molecule has 0 radical (unpaired) electrons. The van der Waals surface area contributed by atoms with Crippen molar-refractivity contribution in [1.82, 2.24) is 0 Å². The van der Waals surface area contributed by atoms with Crippen LogP contribution < -0.4 is 0 Å². The molecule has 202 valence electrons. The molecule has 0 saturated heterocycles. The van der Waals surface area contributed by atoms with E-state index in [-0.39, 0.29) is 5.41 Å². The van der Waals surface area contributed by atoms with E-state index in [1.165, 1.54) is 93.7 Å². The van der Waals surface area contributed by atoms with Gasteiger partial charge in [0.25, 0.3) is 0 Å². The molecule has 36 heavy (non-hydrogen) atoms. The van der Waals surface area contributed by atoms with Gasteiger partial charge in [-0.2, -0.15) is 0 Å². The molecule has 0 aromatic heterocycles. The molecule has 0 unspecified atom stereocenters. The number of rotatable bonds is 15. The minimum Gasteiger partial charge on any atom is -0.478 e. The third-order valence-electron chi connectivity index (χ3n) is 7.91. The van der Waals surface area contributed by atoms with Crippen LogP contribution in [0.5, 0.6) is 0 Å². The first-order chi connectivity index (χ1) is 17.2. The molecule has 0 spiro atoms. The largest absolute Gasteiger partial charge is 0.478 e. The van der Waals surface area contributed by atoms with Crippen molar-refractivity contribution < 1.29 is 9.90 Å². The van der Waals surface area contributed by atoms with E-state index in [1.807, 2.05) is 12.1 Å². The van der Waals surface area contributed by atoms with Gasteiger partial charge >= 0.3 is 5.97 Å². The fraction of sp³-hybridized carbons (Fsp3) is 0.618. The summed E-state index contributed by atoms with van der Waals surface area (Å²) < 4.78 is 0. The van der Waals surface area contributed by atoms with Crippen LogP contribution in [0.15, 0.2) is 48.5 Å². The highest BCUT2D eigenvalue weighted by atomic mass is 16.4. The zero-order valence-corrected chi connectivity index (χ0v) is 24.5. The predicted molar refractivity (Wildman–Crippen MR) is 157 cm³/mol. The maximum atomic E-state index is 10.9. The van der Waals surface area contributed by atoms with Crippen molar-refractivity contribution in [2.24, 2.45) is 0 Å². The molecule has 0 amide bonds. The highest BCUT2D eigenvalue weighted by Gasteiger charge is 2.26. The Kier molecular flexibility index (Phi) is 14.7. The number of benzene rings is 2. The highest BCUT2D eigenvalue weighted by molar-refractivity contribution is 5.87. The van der Waals surface area contributed by atoms with E-state index in [0.29, 0.717) is 11.0 Å². The lowest BCUT2D eigenvalue weighted by atomic mass is 9.74. The summed E-state index contributed by atoms with van der Waals surface area (Å²) in [6.07, 6.45) is 15.1. The van der Waals surface area contributed by atoms with Crippen LogP contribution in [0.1, 0.15) is 146 Å². The van der Waals surface area contributed by atoms with Gasteiger partial charge in [-0.25, -0.2) is 4.79 Å². The lowest BCUT2D eigenvalue weighted by Gasteiger charge is -2.30. The van der Waals surface area contributed by atoms with Crippen LogP contribution in [0.3, 0.4) is 0 Å². The van der Waals surface area contributed by atoms with Gasteiger partial charge < -0.3 is 5.11 Å². The van der Waals surface area contributed by atoms with E-state index in [4.69, 9.17) is 5.11 Å². The summed E-state index contributed by atoms with van der Waals surface area (Å²) in [7, 11) is 0. The Morgan fingerprint density at radius 2 is 0.917 bits per heavy atom. The molecule has 2 aromatic carbocycles. The number of aryl methyl sites for hydroxylation is 1. The topological polar surface area (TPSA) is 37.3 Å². The summed E-state index contributed by atoms with van der Waals surface area (Å²) in [6, 6.07) is 16.6. The lowest BCUT2D eigenvalue weighted by Crippen LogP contribution is -2.22. The van der Waals surface area contributed by atoms with Gasteiger partial charge in [0.1, 0.15) is 0 Å². The minimum atomic E-state index is -0.852. The molecular weight excluding hydrogens is 440 g/mol. The van der Waals surface area contributed by atoms with Crippen LogP contribution in [-0.2, 0) is 10.8 Å². The molecule has 0 aliphatic carbocycles. The Hall–Kier alpha value is -2.09. The first kappa shape index (κ1) is 31.9. The van der Waals surface area contributed by atoms with E-state index in [2.05, 4.69) is 72.7 Å². The zero-order chi connectivity index (χ0) is 27.0. The molecule has 2 rings (SSSR count). The Balaban J connectivity index is 0.000000362. The number of carbonyl (C=O) groups is 1. The predicted octanol–water partition coefficient (Wildman–Crippen LogP) is 10.7. The lowest BCUT2D eigenvalue weighted by molar-refractivity contribution is 0.0697. The second kappa shape index (κ2) is 16.6. The van der Waals surface area contributed by atoms with Crippen LogP contribution in [0.2, 0.25) is 0 Å². The Morgan fingerprint density at radius 3 is 1.19 bits per heavy atom. The van der Waals surface area contributed by atoms with Crippen molar-refractivity contribution >= 4 is 5.97 Å². The van der Waals surface area contributed by atoms with Crippen LogP contribution in [0, 0.1) is 6.92 Å². The van der Waals surface area contributed by atoms with Gasteiger partial charge in [0.2, 0.25) is 0 Å². The smallest absolute Gasteiger partial charge is 0.335 e. The molecular formula is C34H54O2. The van der Waals surface area contributed by atoms with Crippen LogP contribution in [-0.4, -0.2) is 11.1 Å². The van der Waals surface area contributed by atoms with E-state index in [9.17, 15) is 4.79 Å². The molecule has 0 atom stereocenters. The van der Waals surface area contributed by atoms with Gasteiger partial charge in [0, 0.05) is 0 Å². The molecule has 2 aromatic rings. The molecule has 0 fully saturated rings. The molecule has 1 N–H and O–H groups in total. The number of hydrogen-bond donors (Lipinski definition) is 1. The number of aromatic carboxylic acids is 1. The van der Waals surface area contributed by atoms with Crippen molar-refractivity contribution in [3.63, 3.8) is 0 Å². The molecule has 0 heterocycles. The molecule has 2 heteroatoms. The quantitative estimate of drug-likeness (QED) is 0.267. The Labute approximate surface area is 222 Å². The summed E-state index contributed by atoms with van der Waals surface area (Å²) in [5, 5.41) is 8.96. The maximum Gasteiger partial charge on any atom is 0.335 e. The summed E-state index contributed by atoms with van der Waals surface area (Å²) in [6.45, 7) is 15.9. The molecule has 0 aliphatic heterocycles. The number of carboxylic acids is 1. The number of unbranched alkanes of at least 4 members (excludes halogenated alkanes) is 4. The maximum absolute atomic E-state index is 10.9. The van der Waals surface area contributed by atoms with Crippen molar-refractivity contribution in [2.75, 3.05) is 0 Å². The standard InChI is InChI=1S/C17H26O2.C17H28/c1-4-6-12-17(3,13-7-5-2)15-10-8-14(9-11-15)16(18)19;1-5-7-13-17(4,14-8-6-2)16-11-9-15(3)10-12-16/h8-11H,4-7,12-13H2,1-3H3,(H,18,19);9-12H,5-8,13-14H2,1-4H3. The molecule has 0 aliphatic rings. The van der Waals surface area contributed by atoms with Gasteiger partial charge in [-0.3, -0.25) is 0 Å². The van der Waals surface area contributed by atoms with Crippen LogP contribution in [0.4, 0.5) is 0 Å². The fourth-order valence-corrected chi connectivity index (χ4v) is 5.07. The first-order valence-electron chi connectivity index (χ1n) is 14.6. The second-order valence-electron chi connectivity index (χ2n) is 11.3. The fourth-order valence-electron chi connectivity index (χ4n) is 5.07. The van der Waals surface area contributed by atoms with E-state index < -0.39 is 5.97 Å². The average Bonchev–Trinajstić information content (AvgIpc) is 2.89. The highest BCUT2D eigenvalue weighted by Crippen LogP contribution is 2.36. The Bertz CT molecular complexity index is 832. The summed E-state index contributed by atoms with van der Waals surface area (Å²) in [5.74, 6) is -0.852. The summed E-state index contributed by atoms with van der Waals surface area (Å²) in [5.41, 5.74) is 5.12. The van der Waals surface area contributed by atoms with Crippen LogP contribution in [0.25, 0.3) is 0 Å². The van der Waals surface area contributed by atoms with Gasteiger partial charge in [0.15, 0.2) is 0 Å². The molecule has 2 nitrogen and oxygen atoms in total. The van der Waals surface area contributed by atoms with Crippen LogP contribution >= 0.6 is 0 Å². The molecule has 0 bridgehead atoms. The van der Waals surface area contributed by atoms with E-state index in [1.54, 1.807) is 12.1 Å². The average molecular weight is 495 g/mol. The van der Waals surface area contributed by atoms with Crippen molar-refractivity contribution in [1.29, 1.82) is 0 Å². The monoisotopic (exact) mass is 494 g/mol. The van der Waals surface area contributed by atoms with Crippen molar-refractivity contribution in [2.45, 2.75) is 136 Å². The van der Waals surface area contributed by atoms with Gasteiger partial charge in [-0.05, 0) is 66.7 Å². The third kappa shape index (κ3) is 10.5. The zero-order valence-electron chi connectivity index (χ0n) is 24.5. The minimum absolute atomic E-state index is 0.184. The van der Waals surface area contributed by atoms with Crippen molar-refractivity contribution in [3.05, 3.63) is 70.8 Å². The summed E-state index contributed by atoms with van der Waals surface area (Å²) in [4.78, 5) is 10.9. The van der Waals surface area contributed by atoms with Crippen molar-refractivity contribution in [3.8, 4) is 0 Å². The van der Waals surface area contributed by atoms with E-state index >= 15 is 0 Å². The number of carboxylic acid groups (broad SMARTS) is 1. The second-order valence-corrected chi connectivity index (χ2v) is 11.3.